The Labute approximate surface area is 165 Å². The normalized spacial score (nSPS) is 11.4. The Kier molecular flexibility index (Phi) is 6.53. The van der Waals surface area contributed by atoms with Gasteiger partial charge in [0.15, 0.2) is 0 Å². The number of carboxylic acid groups (broad SMARTS) is 1. The van der Waals surface area contributed by atoms with Gasteiger partial charge in [-0.1, -0.05) is 59.9 Å². The second-order valence-corrected chi connectivity index (χ2v) is 6.84. The number of aromatic nitrogens is 2. The van der Waals surface area contributed by atoms with Gasteiger partial charge in [-0.25, -0.2) is 4.79 Å². The van der Waals surface area contributed by atoms with Gasteiger partial charge in [0.2, 0.25) is 0 Å². The van der Waals surface area contributed by atoms with Crippen LogP contribution in [0.25, 0.3) is 10.6 Å². The van der Waals surface area contributed by atoms with Crippen molar-refractivity contribution in [3.63, 3.8) is 0 Å². The third kappa shape index (κ3) is 5.52. The monoisotopic (exact) mass is 397 g/mol. The van der Waals surface area contributed by atoms with Crippen LogP contribution in [0.3, 0.4) is 0 Å². The summed E-state index contributed by atoms with van der Waals surface area (Å²) in [7, 11) is 0. The van der Waals surface area contributed by atoms with E-state index in [9.17, 15) is 9.59 Å². The highest BCUT2D eigenvalue weighted by Gasteiger charge is 2.20. The maximum Gasteiger partial charge on any atom is 0.323 e. The van der Waals surface area contributed by atoms with Gasteiger partial charge in [-0.15, -0.1) is 10.2 Å². The van der Waals surface area contributed by atoms with Crippen LogP contribution >= 0.6 is 11.3 Å². The number of hydrogen-bond acceptors (Lipinski definition) is 6. The summed E-state index contributed by atoms with van der Waals surface area (Å²) in [5, 5.41) is 26.8. The van der Waals surface area contributed by atoms with Crippen molar-refractivity contribution in [2.75, 3.05) is 18.4 Å². The first-order chi connectivity index (χ1) is 13.6. The Morgan fingerprint density at radius 1 is 1.00 bits per heavy atom. The van der Waals surface area contributed by atoms with Crippen LogP contribution in [0, 0.1) is 0 Å². The lowest BCUT2D eigenvalue weighted by molar-refractivity contribution is -0.135. The van der Waals surface area contributed by atoms with Gasteiger partial charge < -0.3 is 21.1 Å². The Balaban J connectivity index is 1.74. The number of benzene rings is 2. The van der Waals surface area contributed by atoms with E-state index < -0.39 is 24.6 Å². The minimum atomic E-state index is -1.11. The molecule has 0 bridgehead atoms. The van der Waals surface area contributed by atoms with E-state index in [2.05, 4.69) is 26.1 Å². The smallest absolute Gasteiger partial charge is 0.323 e. The SMILES string of the molecule is O=C(O)CNC(=O)NC(CNc1ccccc1)c1nnc(-c2ccccc2)s1. The standard InChI is InChI=1S/C19H19N5O3S/c25-16(26)12-21-19(27)22-15(11-20-14-9-5-2-6-10-14)18-24-23-17(28-18)13-7-3-1-4-8-13/h1-10,15,20H,11-12H2,(H,25,26)(H2,21,22,27). The molecule has 0 aliphatic heterocycles. The van der Waals surface area contributed by atoms with E-state index in [1.165, 1.54) is 11.3 Å². The second kappa shape index (κ2) is 9.47. The Bertz CT molecular complexity index is 918. The molecule has 0 saturated heterocycles. The molecule has 1 aromatic heterocycles. The second-order valence-electron chi connectivity index (χ2n) is 5.83. The van der Waals surface area contributed by atoms with Gasteiger partial charge in [-0.3, -0.25) is 4.79 Å². The van der Waals surface area contributed by atoms with Gasteiger partial charge in [0.1, 0.15) is 22.6 Å². The minimum Gasteiger partial charge on any atom is -0.480 e. The van der Waals surface area contributed by atoms with Crippen LogP contribution < -0.4 is 16.0 Å². The molecule has 0 fully saturated rings. The number of anilines is 1. The summed E-state index contributed by atoms with van der Waals surface area (Å²) >= 11 is 1.37. The molecule has 0 saturated carbocycles. The molecule has 1 atom stereocenters. The predicted molar refractivity (Wildman–Crippen MR) is 107 cm³/mol. The quantitative estimate of drug-likeness (QED) is 0.464. The Morgan fingerprint density at radius 2 is 1.68 bits per heavy atom. The van der Waals surface area contributed by atoms with E-state index in [1.54, 1.807) is 0 Å². The molecule has 8 nitrogen and oxygen atoms in total. The maximum absolute atomic E-state index is 12.1. The number of aliphatic carboxylic acids is 1. The van der Waals surface area contributed by atoms with Crippen molar-refractivity contribution < 1.29 is 14.7 Å². The van der Waals surface area contributed by atoms with Crippen LogP contribution in [0.15, 0.2) is 60.7 Å². The number of nitrogens with one attached hydrogen (secondary N) is 3. The first kappa shape index (κ1) is 19.3. The van der Waals surface area contributed by atoms with E-state index in [4.69, 9.17) is 5.11 Å². The highest BCUT2D eigenvalue weighted by Crippen LogP contribution is 2.27. The van der Waals surface area contributed by atoms with Crippen LogP contribution in [-0.4, -0.2) is 40.4 Å². The maximum atomic E-state index is 12.1. The van der Waals surface area contributed by atoms with E-state index in [-0.39, 0.29) is 0 Å². The van der Waals surface area contributed by atoms with Crippen molar-refractivity contribution in [3.8, 4) is 10.6 Å². The molecule has 9 heteroatoms. The highest BCUT2D eigenvalue weighted by molar-refractivity contribution is 7.14. The van der Waals surface area contributed by atoms with Crippen molar-refractivity contribution in [2.45, 2.75) is 6.04 Å². The molecule has 2 aromatic carbocycles. The zero-order valence-electron chi connectivity index (χ0n) is 14.8. The molecule has 3 aromatic rings. The third-order valence-electron chi connectivity index (χ3n) is 3.75. The van der Waals surface area contributed by atoms with Gasteiger partial charge in [-0.05, 0) is 12.1 Å². The Hall–Kier alpha value is -3.46. The summed E-state index contributed by atoms with van der Waals surface area (Å²) in [5.74, 6) is -1.11. The third-order valence-corrected chi connectivity index (χ3v) is 4.84. The first-order valence-electron chi connectivity index (χ1n) is 8.55. The number of para-hydroxylation sites is 1. The molecule has 0 aliphatic carbocycles. The molecule has 0 radical (unpaired) electrons. The topological polar surface area (TPSA) is 116 Å². The number of nitrogens with zero attached hydrogens (tertiary/aromatic N) is 2. The van der Waals surface area contributed by atoms with Crippen molar-refractivity contribution in [2.24, 2.45) is 0 Å². The average Bonchev–Trinajstić information content (AvgIpc) is 3.21. The largest absolute Gasteiger partial charge is 0.480 e. The lowest BCUT2D eigenvalue weighted by atomic mass is 10.2. The molecule has 4 N–H and O–H groups in total. The van der Waals surface area contributed by atoms with Gasteiger partial charge in [0.25, 0.3) is 0 Å². The summed E-state index contributed by atoms with van der Waals surface area (Å²) in [5.41, 5.74) is 1.84. The predicted octanol–water partition coefficient (Wildman–Crippen LogP) is 2.74. The summed E-state index contributed by atoms with van der Waals surface area (Å²) in [4.78, 5) is 22.7. The first-order valence-corrected chi connectivity index (χ1v) is 9.37. The van der Waals surface area contributed by atoms with Crippen molar-refractivity contribution in [1.82, 2.24) is 20.8 Å². The van der Waals surface area contributed by atoms with Crippen molar-refractivity contribution >= 4 is 29.0 Å². The van der Waals surface area contributed by atoms with Crippen LogP contribution in [0.4, 0.5) is 10.5 Å². The molecule has 1 heterocycles. The van der Waals surface area contributed by atoms with E-state index in [0.717, 1.165) is 16.3 Å². The van der Waals surface area contributed by atoms with E-state index >= 15 is 0 Å². The lowest BCUT2D eigenvalue weighted by Gasteiger charge is -2.17. The fraction of sp³-hybridized carbons (Fsp3) is 0.158. The van der Waals surface area contributed by atoms with Crippen LogP contribution in [-0.2, 0) is 4.79 Å². The number of urea groups is 1. The molecule has 28 heavy (non-hydrogen) atoms. The molecule has 144 valence electrons. The molecule has 0 aliphatic rings. The van der Waals surface area contributed by atoms with Crippen LogP contribution in [0.2, 0.25) is 0 Å². The molecule has 2 amide bonds. The molecule has 1 unspecified atom stereocenters. The van der Waals surface area contributed by atoms with Crippen LogP contribution in [0.1, 0.15) is 11.0 Å². The fourth-order valence-corrected chi connectivity index (χ4v) is 3.31. The Morgan fingerprint density at radius 3 is 2.36 bits per heavy atom. The number of carbonyl (C=O) groups is 2. The number of carboxylic acids is 1. The average molecular weight is 397 g/mol. The van der Waals surface area contributed by atoms with Crippen molar-refractivity contribution in [1.29, 1.82) is 0 Å². The minimum absolute atomic E-state index is 0.369. The number of rotatable bonds is 8. The summed E-state index contributed by atoms with van der Waals surface area (Å²) in [6, 6.07) is 18.1. The zero-order valence-corrected chi connectivity index (χ0v) is 15.6. The highest BCUT2D eigenvalue weighted by atomic mass is 32.1. The summed E-state index contributed by atoms with van der Waals surface area (Å²) in [6.07, 6.45) is 0. The van der Waals surface area contributed by atoms with Gasteiger partial charge >= 0.3 is 12.0 Å². The van der Waals surface area contributed by atoms with E-state index in [1.807, 2.05) is 60.7 Å². The number of carbonyl (C=O) groups excluding carboxylic acids is 1. The molecular formula is C19H19N5O3S. The fourth-order valence-electron chi connectivity index (χ4n) is 2.41. The summed E-state index contributed by atoms with van der Waals surface area (Å²) < 4.78 is 0. The van der Waals surface area contributed by atoms with Gasteiger partial charge in [-0.2, -0.15) is 0 Å². The zero-order chi connectivity index (χ0) is 19.8. The van der Waals surface area contributed by atoms with Crippen LogP contribution in [0.5, 0.6) is 0 Å². The summed E-state index contributed by atoms with van der Waals surface area (Å²) in [6.45, 7) is -0.0933. The van der Waals surface area contributed by atoms with E-state index in [0.29, 0.717) is 11.6 Å². The van der Waals surface area contributed by atoms with Gasteiger partial charge in [0.05, 0.1) is 0 Å². The van der Waals surface area contributed by atoms with Crippen molar-refractivity contribution in [3.05, 3.63) is 65.7 Å². The number of hydrogen-bond donors (Lipinski definition) is 4. The molecule has 0 spiro atoms. The number of amides is 2. The molecular weight excluding hydrogens is 378 g/mol. The lowest BCUT2D eigenvalue weighted by Crippen LogP contribution is -2.42. The van der Waals surface area contributed by atoms with Gasteiger partial charge in [0, 0.05) is 17.8 Å². The molecule has 3 rings (SSSR count).